The van der Waals surface area contributed by atoms with E-state index in [2.05, 4.69) is 0 Å². The van der Waals surface area contributed by atoms with Crippen molar-refractivity contribution in [1.82, 2.24) is 0 Å². The first-order valence-corrected chi connectivity index (χ1v) is 14.0. The first kappa shape index (κ1) is 35.1. The van der Waals surface area contributed by atoms with E-state index in [1.54, 1.807) is 0 Å². The summed E-state index contributed by atoms with van der Waals surface area (Å²) in [5, 5.41) is 83.6. The van der Waals surface area contributed by atoms with Crippen molar-refractivity contribution in [3.63, 3.8) is 0 Å². The molecule has 3 heterocycles. The van der Waals surface area contributed by atoms with Crippen LogP contribution in [0.25, 0.3) is 0 Å². The minimum absolute atomic E-state index is 0.187. The van der Waals surface area contributed by atoms with Crippen LogP contribution in [0.2, 0.25) is 0 Å². The molecule has 0 bridgehead atoms. The normalized spacial score (nSPS) is 54.6. The highest BCUT2D eigenvalue weighted by Gasteiger charge is 2.56. The van der Waals surface area contributed by atoms with Crippen molar-refractivity contribution in [1.29, 1.82) is 0 Å². The molecule has 1 saturated carbocycles. The molecule has 1 aliphatic carbocycles. The van der Waals surface area contributed by atoms with Crippen molar-refractivity contribution in [3.8, 4) is 0 Å². The maximum atomic E-state index is 11.1. The molecule has 3 aliphatic heterocycles. The molecule has 0 radical (unpaired) electrons. The Labute approximate surface area is 246 Å². The topological polar surface area (TPSA) is 373 Å². The number of hydrogen-bond donors (Lipinski definition) is 14. The maximum absolute atomic E-state index is 11.1. The Morgan fingerprint density at radius 3 is 1.35 bits per heavy atom. The lowest BCUT2D eigenvalue weighted by Crippen LogP contribution is -2.72. The number of nitrogens with two attached hydrogens (primary N) is 6. The van der Waals surface area contributed by atoms with E-state index >= 15 is 0 Å². The SMILES string of the molecule is NCC1OC(OC2C(CO)OC(OC3C(O)C(N)C(O)C(N)C3OC3OC(CN)C(O)C(O)C3N)C2O)C(N)C(O)C1O. The van der Waals surface area contributed by atoms with Crippen molar-refractivity contribution in [2.24, 2.45) is 34.4 Å². The summed E-state index contributed by atoms with van der Waals surface area (Å²) in [5.74, 6) is 0. The predicted molar refractivity (Wildman–Crippen MR) is 140 cm³/mol. The van der Waals surface area contributed by atoms with Gasteiger partial charge < -0.3 is 104 Å². The zero-order valence-electron chi connectivity index (χ0n) is 23.2. The first-order valence-electron chi connectivity index (χ1n) is 14.0. The van der Waals surface area contributed by atoms with E-state index in [-0.39, 0.29) is 13.1 Å². The van der Waals surface area contributed by atoms with Crippen LogP contribution in [-0.2, 0) is 28.4 Å². The van der Waals surface area contributed by atoms with E-state index in [1.807, 2.05) is 0 Å². The molecule has 4 rings (SSSR count). The van der Waals surface area contributed by atoms with Gasteiger partial charge >= 0.3 is 0 Å². The second-order valence-corrected chi connectivity index (χ2v) is 11.3. The Hall–Kier alpha value is -0.800. The lowest BCUT2D eigenvalue weighted by atomic mass is 9.82. The fraction of sp³-hybridized carbons (Fsp3) is 1.00. The molecule has 20 heteroatoms. The highest BCUT2D eigenvalue weighted by atomic mass is 16.8. The highest BCUT2D eigenvalue weighted by Crippen LogP contribution is 2.34. The molecule has 20 N–H and O–H groups in total. The van der Waals surface area contributed by atoms with Crippen molar-refractivity contribution in [2.75, 3.05) is 19.7 Å². The maximum Gasteiger partial charge on any atom is 0.187 e. The summed E-state index contributed by atoms with van der Waals surface area (Å²) in [6, 6.07) is -5.26. The van der Waals surface area contributed by atoms with Crippen molar-refractivity contribution >= 4 is 0 Å². The van der Waals surface area contributed by atoms with Crippen LogP contribution in [-0.4, -0.2) is 183 Å². The Morgan fingerprint density at radius 1 is 0.442 bits per heavy atom. The minimum Gasteiger partial charge on any atom is -0.394 e. The second-order valence-electron chi connectivity index (χ2n) is 11.3. The summed E-state index contributed by atoms with van der Waals surface area (Å²) in [4.78, 5) is 0. The number of hydrogen-bond acceptors (Lipinski definition) is 20. The average molecular weight is 631 g/mol. The number of rotatable bonds is 9. The van der Waals surface area contributed by atoms with E-state index in [1.165, 1.54) is 0 Å². The largest absolute Gasteiger partial charge is 0.394 e. The minimum atomic E-state index is -1.67. The number of ether oxygens (including phenoxy) is 6. The molecule has 4 aliphatic rings. The summed E-state index contributed by atoms with van der Waals surface area (Å²) in [6.45, 7) is -1.08. The van der Waals surface area contributed by atoms with Crippen molar-refractivity contribution in [2.45, 2.75) is 122 Å². The van der Waals surface area contributed by atoms with Gasteiger partial charge in [0, 0.05) is 13.1 Å². The third kappa shape index (κ3) is 6.70. The fourth-order valence-electron chi connectivity index (χ4n) is 5.75. The smallest absolute Gasteiger partial charge is 0.187 e. The molecule has 43 heavy (non-hydrogen) atoms. The summed E-state index contributed by atoms with van der Waals surface area (Å²) in [5.41, 5.74) is 35.4. The molecule has 20 nitrogen and oxygen atoms in total. The quantitative estimate of drug-likeness (QED) is 0.112. The van der Waals surface area contributed by atoms with Crippen LogP contribution >= 0.6 is 0 Å². The Balaban J connectivity index is 1.52. The summed E-state index contributed by atoms with van der Waals surface area (Å²) < 4.78 is 34.4. The summed E-state index contributed by atoms with van der Waals surface area (Å²) >= 11 is 0. The molecule has 0 amide bonds. The molecule has 252 valence electrons. The van der Waals surface area contributed by atoms with E-state index in [0.29, 0.717) is 0 Å². The van der Waals surface area contributed by atoms with Gasteiger partial charge in [0.05, 0.1) is 36.9 Å². The van der Waals surface area contributed by atoms with Gasteiger partial charge in [-0.3, -0.25) is 0 Å². The van der Waals surface area contributed by atoms with E-state index < -0.39 is 129 Å². The molecule has 4 fully saturated rings. The van der Waals surface area contributed by atoms with Gasteiger partial charge in [0.25, 0.3) is 0 Å². The Bertz CT molecular complexity index is 899. The van der Waals surface area contributed by atoms with Crippen LogP contribution in [0.5, 0.6) is 0 Å². The summed E-state index contributed by atoms with van der Waals surface area (Å²) in [6.07, 6.45) is -22.8. The van der Waals surface area contributed by atoms with Crippen LogP contribution in [0.1, 0.15) is 0 Å². The van der Waals surface area contributed by atoms with Crippen LogP contribution in [0.4, 0.5) is 0 Å². The average Bonchev–Trinajstić information content (AvgIpc) is 3.29. The zero-order chi connectivity index (χ0) is 31.9. The molecule has 0 spiro atoms. The third-order valence-corrected chi connectivity index (χ3v) is 8.53. The standard InChI is InChI=1S/C23H46N6O14/c24-1-4-11(31)14(34)9(28)21(38-4)41-18-6(3-30)40-23(17(18)37)43-20-16(36)7(26)13(33)8(27)19(20)42-22-10(29)15(35)12(32)5(2-25)39-22/h4-23,30-37H,1-3,24-29H2. The lowest BCUT2D eigenvalue weighted by Gasteiger charge is -2.48. The van der Waals surface area contributed by atoms with Crippen LogP contribution in [0.3, 0.4) is 0 Å². The van der Waals surface area contributed by atoms with E-state index in [4.69, 9.17) is 62.8 Å². The predicted octanol–water partition coefficient (Wildman–Crippen LogP) is -9.92. The third-order valence-electron chi connectivity index (χ3n) is 8.53. The number of aliphatic hydroxyl groups is 8. The van der Waals surface area contributed by atoms with Gasteiger partial charge in [-0.05, 0) is 0 Å². The van der Waals surface area contributed by atoms with Gasteiger partial charge in [-0.15, -0.1) is 0 Å². The van der Waals surface area contributed by atoms with Crippen molar-refractivity contribution < 1.29 is 69.3 Å². The van der Waals surface area contributed by atoms with E-state index in [9.17, 15) is 40.9 Å². The van der Waals surface area contributed by atoms with Gasteiger partial charge in [0.15, 0.2) is 18.9 Å². The van der Waals surface area contributed by atoms with Gasteiger partial charge in [-0.25, -0.2) is 0 Å². The highest BCUT2D eigenvalue weighted by molar-refractivity contribution is 5.06. The Morgan fingerprint density at radius 2 is 0.884 bits per heavy atom. The molecular formula is C23H46N6O14. The molecule has 0 aromatic rings. The lowest BCUT2D eigenvalue weighted by molar-refractivity contribution is -0.312. The Kier molecular flexibility index (Phi) is 11.7. The molecular weight excluding hydrogens is 584 g/mol. The zero-order valence-corrected chi connectivity index (χ0v) is 23.2. The second kappa shape index (κ2) is 14.3. The summed E-state index contributed by atoms with van der Waals surface area (Å²) in [7, 11) is 0. The van der Waals surface area contributed by atoms with Gasteiger partial charge in [-0.1, -0.05) is 0 Å². The van der Waals surface area contributed by atoms with Crippen LogP contribution in [0, 0.1) is 0 Å². The monoisotopic (exact) mass is 630 g/mol. The van der Waals surface area contributed by atoms with Crippen LogP contribution < -0.4 is 34.4 Å². The van der Waals surface area contributed by atoms with Crippen LogP contribution in [0.15, 0.2) is 0 Å². The molecule has 0 aromatic carbocycles. The van der Waals surface area contributed by atoms with Gasteiger partial charge in [-0.2, -0.15) is 0 Å². The number of aliphatic hydroxyl groups excluding tert-OH is 8. The van der Waals surface area contributed by atoms with E-state index in [0.717, 1.165) is 0 Å². The van der Waals surface area contributed by atoms with Crippen molar-refractivity contribution in [3.05, 3.63) is 0 Å². The van der Waals surface area contributed by atoms with Gasteiger partial charge in [0.2, 0.25) is 0 Å². The van der Waals surface area contributed by atoms with Gasteiger partial charge in [0.1, 0.15) is 73.2 Å². The first-order chi connectivity index (χ1) is 20.3. The fourth-order valence-corrected chi connectivity index (χ4v) is 5.75. The molecule has 20 atom stereocenters. The molecule has 3 saturated heterocycles. The molecule has 0 aromatic heterocycles. The molecule has 20 unspecified atom stereocenters.